The van der Waals surface area contributed by atoms with E-state index in [2.05, 4.69) is 12.2 Å². The molecule has 1 saturated carbocycles. The van der Waals surface area contributed by atoms with Gasteiger partial charge in [0.25, 0.3) is 5.91 Å². The van der Waals surface area contributed by atoms with Gasteiger partial charge in [0, 0.05) is 6.61 Å². The van der Waals surface area contributed by atoms with Crippen molar-refractivity contribution in [1.82, 2.24) is 10.2 Å². The van der Waals surface area contributed by atoms with Crippen LogP contribution in [0, 0.1) is 5.92 Å². The SMILES string of the molecule is C[C@@H]1CCCC[C@]12NC(=O)N(C[C@@H]1CCCCO1)C2=O. The standard InChI is InChI=1S/C15H24N2O3/c1-11-6-2-4-8-15(11)13(18)17(14(19)16-15)10-12-7-3-5-9-20-12/h11-12H,2-10H2,1H3,(H,16,19)/t11-,12+,15+/m1/s1. The maximum atomic E-state index is 12.8. The molecule has 3 rings (SSSR count). The van der Waals surface area contributed by atoms with E-state index in [1.54, 1.807) is 0 Å². The number of amides is 3. The zero-order valence-corrected chi connectivity index (χ0v) is 12.2. The summed E-state index contributed by atoms with van der Waals surface area (Å²) in [5, 5.41) is 2.99. The normalized spacial score (nSPS) is 38.4. The fourth-order valence-corrected chi connectivity index (χ4v) is 3.82. The zero-order chi connectivity index (χ0) is 14.2. The Kier molecular flexibility index (Phi) is 3.71. The summed E-state index contributed by atoms with van der Waals surface area (Å²) in [6, 6.07) is -0.224. The topological polar surface area (TPSA) is 58.6 Å². The van der Waals surface area contributed by atoms with Gasteiger partial charge in [-0.2, -0.15) is 0 Å². The number of urea groups is 1. The van der Waals surface area contributed by atoms with Crippen molar-refractivity contribution in [3.8, 4) is 0 Å². The summed E-state index contributed by atoms with van der Waals surface area (Å²) in [5.41, 5.74) is -0.635. The number of hydrogen-bond donors (Lipinski definition) is 1. The fraction of sp³-hybridized carbons (Fsp3) is 0.867. The summed E-state index contributed by atoms with van der Waals surface area (Å²) in [6.07, 6.45) is 7.13. The number of carbonyl (C=O) groups is 2. The van der Waals surface area contributed by atoms with Crippen molar-refractivity contribution in [3.63, 3.8) is 0 Å². The van der Waals surface area contributed by atoms with Crippen molar-refractivity contribution in [2.24, 2.45) is 5.92 Å². The van der Waals surface area contributed by atoms with Gasteiger partial charge in [0.15, 0.2) is 0 Å². The van der Waals surface area contributed by atoms with Crippen molar-refractivity contribution >= 4 is 11.9 Å². The molecule has 1 N–H and O–H groups in total. The van der Waals surface area contributed by atoms with Crippen molar-refractivity contribution < 1.29 is 14.3 Å². The second-order valence-corrected chi connectivity index (χ2v) is 6.45. The maximum absolute atomic E-state index is 12.8. The Morgan fingerprint density at radius 2 is 2.05 bits per heavy atom. The highest BCUT2D eigenvalue weighted by atomic mass is 16.5. The first-order valence-electron chi connectivity index (χ1n) is 7.89. The van der Waals surface area contributed by atoms with E-state index in [1.807, 2.05) is 0 Å². The van der Waals surface area contributed by atoms with E-state index < -0.39 is 5.54 Å². The number of hydrogen-bond acceptors (Lipinski definition) is 3. The highest BCUT2D eigenvalue weighted by Gasteiger charge is 2.55. The molecule has 1 aliphatic carbocycles. The van der Waals surface area contributed by atoms with E-state index >= 15 is 0 Å². The summed E-state index contributed by atoms with van der Waals surface area (Å²) in [7, 11) is 0. The smallest absolute Gasteiger partial charge is 0.325 e. The molecule has 3 amide bonds. The minimum Gasteiger partial charge on any atom is -0.376 e. The number of carbonyl (C=O) groups excluding carboxylic acids is 2. The van der Waals surface area contributed by atoms with Gasteiger partial charge < -0.3 is 10.1 Å². The van der Waals surface area contributed by atoms with Crippen LogP contribution in [0.4, 0.5) is 4.79 Å². The molecule has 1 spiro atoms. The van der Waals surface area contributed by atoms with Crippen LogP contribution in [0.5, 0.6) is 0 Å². The van der Waals surface area contributed by atoms with E-state index in [0.717, 1.165) is 51.6 Å². The maximum Gasteiger partial charge on any atom is 0.325 e. The molecule has 5 heteroatoms. The predicted octanol–water partition coefficient (Wildman–Crippen LogP) is 2.06. The highest BCUT2D eigenvalue weighted by Crippen LogP contribution is 2.38. The van der Waals surface area contributed by atoms with Gasteiger partial charge in [-0.1, -0.05) is 19.8 Å². The lowest BCUT2D eigenvalue weighted by molar-refractivity contribution is -0.136. The molecule has 0 radical (unpaired) electrons. The average Bonchev–Trinajstić information content (AvgIpc) is 2.69. The largest absolute Gasteiger partial charge is 0.376 e. The van der Waals surface area contributed by atoms with Gasteiger partial charge in [0.1, 0.15) is 5.54 Å². The number of ether oxygens (including phenoxy) is 1. The first-order chi connectivity index (χ1) is 9.63. The average molecular weight is 280 g/mol. The third kappa shape index (κ3) is 2.22. The van der Waals surface area contributed by atoms with Gasteiger partial charge in [-0.15, -0.1) is 0 Å². The molecule has 3 atom stereocenters. The van der Waals surface area contributed by atoms with Crippen LogP contribution >= 0.6 is 0 Å². The Morgan fingerprint density at radius 3 is 2.75 bits per heavy atom. The highest BCUT2D eigenvalue weighted by molar-refractivity contribution is 6.07. The minimum absolute atomic E-state index is 0.0208. The summed E-state index contributed by atoms with van der Waals surface area (Å²) < 4.78 is 5.67. The molecular weight excluding hydrogens is 256 g/mol. The Bertz CT molecular complexity index is 406. The molecule has 0 aromatic carbocycles. The van der Waals surface area contributed by atoms with Crippen LogP contribution in [0.15, 0.2) is 0 Å². The van der Waals surface area contributed by atoms with Crippen LogP contribution in [0.1, 0.15) is 51.9 Å². The summed E-state index contributed by atoms with van der Waals surface area (Å²) in [4.78, 5) is 26.4. The van der Waals surface area contributed by atoms with E-state index in [9.17, 15) is 9.59 Å². The van der Waals surface area contributed by atoms with E-state index in [1.165, 1.54) is 4.90 Å². The quantitative estimate of drug-likeness (QED) is 0.788. The molecule has 3 aliphatic rings. The second kappa shape index (κ2) is 5.35. The Balaban J connectivity index is 1.72. The molecule has 0 aromatic heterocycles. The molecule has 20 heavy (non-hydrogen) atoms. The van der Waals surface area contributed by atoms with E-state index in [4.69, 9.17) is 4.74 Å². The van der Waals surface area contributed by atoms with Crippen molar-refractivity contribution in [1.29, 1.82) is 0 Å². The lowest BCUT2D eigenvalue weighted by Gasteiger charge is -2.37. The Hall–Kier alpha value is -1.10. The van der Waals surface area contributed by atoms with Crippen LogP contribution in [0.2, 0.25) is 0 Å². The lowest BCUT2D eigenvalue weighted by Crippen LogP contribution is -2.54. The summed E-state index contributed by atoms with van der Waals surface area (Å²) in [6.45, 7) is 3.24. The van der Waals surface area contributed by atoms with Crippen LogP contribution in [-0.4, -0.2) is 41.6 Å². The number of nitrogens with zero attached hydrogens (tertiary/aromatic N) is 1. The first-order valence-corrected chi connectivity index (χ1v) is 7.89. The van der Waals surface area contributed by atoms with Gasteiger partial charge in [0.2, 0.25) is 0 Å². The van der Waals surface area contributed by atoms with Crippen molar-refractivity contribution in [3.05, 3.63) is 0 Å². The fourth-order valence-electron chi connectivity index (χ4n) is 3.82. The van der Waals surface area contributed by atoms with Crippen LogP contribution in [0.3, 0.4) is 0 Å². The van der Waals surface area contributed by atoms with Gasteiger partial charge in [-0.25, -0.2) is 4.79 Å². The van der Waals surface area contributed by atoms with E-state index in [0.29, 0.717) is 6.54 Å². The first kappa shape index (κ1) is 13.9. The van der Waals surface area contributed by atoms with Crippen LogP contribution in [-0.2, 0) is 9.53 Å². The molecule has 3 fully saturated rings. The summed E-state index contributed by atoms with van der Waals surface area (Å²) in [5.74, 6) is 0.203. The number of nitrogens with one attached hydrogen (secondary N) is 1. The molecule has 0 bridgehead atoms. The van der Waals surface area contributed by atoms with Gasteiger partial charge >= 0.3 is 6.03 Å². The molecular formula is C15H24N2O3. The monoisotopic (exact) mass is 280 g/mol. The Morgan fingerprint density at radius 1 is 1.25 bits per heavy atom. The van der Waals surface area contributed by atoms with Crippen molar-refractivity contribution in [2.75, 3.05) is 13.2 Å². The molecule has 0 aromatic rings. The molecule has 5 nitrogen and oxygen atoms in total. The molecule has 2 saturated heterocycles. The lowest BCUT2D eigenvalue weighted by atomic mass is 9.73. The van der Waals surface area contributed by atoms with Crippen LogP contribution < -0.4 is 5.32 Å². The van der Waals surface area contributed by atoms with Crippen LogP contribution in [0.25, 0.3) is 0 Å². The number of rotatable bonds is 2. The number of imide groups is 1. The van der Waals surface area contributed by atoms with Gasteiger partial charge in [-0.3, -0.25) is 9.69 Å². The molecule has 112 valence electrons. The second-order valence-electron chi connectivity index (χ2n) is 6.45. The van der Waals surface area contributed by atoms with Crippen molar-refractivity contribution in [2.45, 2.75) is 63.5 Å². The zero-order valence-electron chi connectivity index (χ0n) is 12.2. The van der Waals surface area contributed by atoms with Gasteiger partial charge in [-0.05, 0) is 38.0 Å². The van der Waals surface area contributed by atoms with Gasteiger partial charge in [0.05, 0.1) is 12.6 Å². The third-order valence-corrected chi connectivity index (χ3v) is 5.16. The van der Waals surface area contributed by atoms with E-state index in [-0.39, 0.29) is 24.0 Å². The third-order valence-electron chi connectivity index (χ3n) is 5.16. The minimum atomic E-state index is -0.635. The Labute approximate surface area is 120 Å². The predicted molar refractivity (Wildman–Crippen MR) is 74.2 cm³/mol. The molecule has 2 heterocycles. The molecule has 2 aliphatic heterocycles. The summed E-state index contributed by atoms with van der Waals surface area (Å²) >= 11 is 0. The molecule has 0 unspecified atom stereocenters.